The summed E-state index contributed by atoms with van der Waals surface area (Å²) in [6.07, 6.45) is 10.8. The summed E-state index contributed by atoms with van der Waals surface area (Å²) < 4.78 is 26.6. The Morgan fingerprint density at radius 2 is 1.25 bits per heavy atom. The summed E-state index contributed by atoms with van der Waals surface area (Å²) in [6.45, 7) is 0. The monoisotopic (exact) mass is 382 g/mol. The standard InChI is InChI=1S/C25H28F2O/c26-24-14-13-23(15-25(24)27)22-11-9-21(10-12-22)20-7-5-19(6-8-20)18-3-1-17(16-28)2-4-18/h9-20H,1-8H2. The lowest BCUT2D eigenvalue weighted by atomic mass is 9.68. The number of benzene rings is 2. The Morgan fingerprint density at radius 3 is 1.82 bits per heavy atom. The zero-order valence-electron chi connectivity index (χ0n) is 16.2. The number of halogens is 2. The van der Waals surface area contributed by atoms with Crippen LogP contribution in [0.2, 0.25) is 0 Å². The highest BCUT2D eigenvalue weighted by Gasteiger charge is 2.31. The van der Waals surface area contributed by atoms with Gasteiger partial charge in [-0.05, 0) is 97.9 Å². The zero-order chi connectivity index (χ0) is 19.5. The lowest BCUT2D eigenvalue weighted by molar-refractivity contribution is -0.112. The summed E-state index contributed by atoms with van der Waals surface area (Å²) in [4.78, 5) is 11.0. The largest absolute Gasteiger partial charge is 0.303 e. The Balaban J connectivity index is 1.34. The van der Waals surface area contributed by atoms with Crippen molar-refractivity contribution in [3.63, 3.8) is 0 Å². The third-order valence-corrected chi connectivity index (χ3v) is 7.08. The molecule has 2 aromatic rings. The van der Waals surface area contributed by atoms with E-state index in [4.69, 9.17) is 0 Å². The van der Waals surface area contributed by atoms with Crippen LogP contribution in [0.25, 0.3) is 11.1 Å². The summed E-state index contributed by atoms with van der Waals surface area (Å²) in [5.74, 6) is 0.930. The summed E-state index contributed by atoms with van der Waals surface area (Å²) >= 11 is 0. The van der Waals surface area contributed by atoms with Gasteiger partial charge in [-0.25, -0.2) is 8.78 Å². The second-order valence-electron chi connectivity index (χ2n) is 8.67. The van der Waals surface area contributed by atoms with Crippen molar-refractivity contribution < 1.29 is 13.6 Å². The number of rotatable bonds is 4. The molecule has 0 N–H and O–H groups in total. The number of hydrogen-bond acceptors (Lipinski definition) is 1. The number of carbonyl (C=O) groups is 1. The van der Waals surface area contributed by atoms with Crippen LogP contribution >= 0.6 is 0 Å². The van der Waals surface area contributed by atoms with Gasteiger partial charge in [0.05, 0.1) is 0 Å². The Morgan fingerprint density at radius 1 is 0.679 bits per heavy atom. The first-order chi connectivity index (χ1) is 13.6. The first-order valence-electron chi connectivity index (χ1n) is 10.6. The fourth-order valence-corrected chi connectivity index (χ4v) is 5.30. The lowest BCUT2D eigenvalue weighted by Crippen LogP contribution is -2.25. The van der Waals surface area contributed by atoms with Crippen molar-refractivity contribution in [2.24, 2.45) is 17.8 Å². The fourth-order valence-electron chi connectivity index (χ4n) is 5.30. The summed E-state index contributed by atoms with van der Waals surface area (Å²) in [6, 6.07) is 12.4. The van der Waals surface area contributed by atoms with Crippen LogP contribution < -0.4 is 0 Å². The van der Waals surface area contributed by atoms with Crippen LogP contribution in [0, 0.1) is 29.4 Å². The van der Waals surface area contributed by atoms with E-state index in [0.717, 1.165) is 36.5 Å². The number of carbonyl (C=O) groups excluding carboxylic acids is 1. The smallest absolute Gasteiger partial charge is 0.159 e. The van der Waals surface area contributed by atoms with E-state index in [2.05, 4.69) is 12.1 Å². The molecule has 148 valence electrons. The van der Waals surface area contributed by atoms with Crippen molar-refractivity contribution in [1.29, 1.82) is 0 Å². The molecule has 2 saturated carbocycles. The molecule has 2 fully saturated rings. The molecule has 0 heterocycles. The van der Waals surface area contributed by atoms with Crippen molar-refractivity contribution in [3.05, 3.63) is 59.7 Å². The minimum Gasteiger partial charge on any atom is -0.303 e. The Labute approximate surface area is 166 Å². The van der Waals surface area contributed by atoms with Crippen molar-refractivity contribution in [2.45, 2.75) is 57.3 Å². The second-order valence-corrected chi connectivity index (χ2v) is 8.67. The molecular formula is C25H28F2O. The van der Waals surface area contributed by atoms with E-state index in [0.29, 0.717) is 17.4 Å². The Kier molecular flexibility index (Phi) is 5.89. The topological polar surface area (TPSA) is 17.1 Å². The predicted octanol–water partition coefficient (Wildman–Crippen LogP) is 6.91. The van der Waals surface area contributed by atoms with Gasteiger partial charge in [0.25, 0.3) is 0 Å². The molecule has 1 nitrogen and oxygen atoms in total. The van der Waals surface area contributed by atoms with Crippen molar-refractivity contribution >= 4 is 6.29 Å². The zero-order valence-corrected chi connectivity index (χ0v) is 16.2. The Bertz CT molecular complexity index is 798. The molecule has 0 spiro atoms. The highest BCUT2D eigenvalue weighted by atomic mass is 19.2. The highest BCUT2D eigenvalue weighted by Crippen LogP contribution is 2.43. The van der Waals surface area contributed by atoms with E-state index < -0.39 is 11.6 Å². The quantitative estimate of drug-likeness (QED) is 0.525. The van der Waals surface area contributed by atoms with Gasteiger partial charge in [-0.2, -0.15) is 0 Å². The van der Waals surface area contributed by atoms with E-state index in [-0.39, 0.29) is 0 Å². The normalized spacial score (nSPS) is 28.1. The molecule has 3 heteroatoms. The number of aldehydes is 1. The predicted molar refractivity (Wildman–Crippen MR) is 108 cm³/mol. The molecule has 2 aliphatic rings. The van der Waals surface area contributed by atoms with Crippen molar-refractivity contribution in [1.82, 2.24) is 0 Å². The number of hydrogen-bond donors (Lipinski definition) is 0. The minimum absolute atomic E-state index is 0.306. The van der Waals surface area contributed by atoms with Crippen LogP contribution in [-0.2, 0) is 4.79 Å². The van der Waals surface area contributed by atoms with Gasteiger partial charge in [0.15, 0.2) is 11.6 Å². The third-order valence-electron chi connectivity index (χ3n) is 7.08. The third kappa shape index (κ3) is 4.19. The van der Waals surface area contributed by atoms with Crippen LogP contribution in [0.3, 0.4) is 0 Å². The van der Waals surface area contributed by atoms with Crippen LogP contribution in [0.5, 0.6) is 0 Å². The van der Waals surface area contributed by atoms with Gasteiger partial charge in [0.1, 0.15) is 6.29 Å². The molecule has 0 unspecified atom stereocenters. The highest BCUT2D eigenvalue weighted by molar-refractivity contribution is 5.63. The first-order valence-corrected chi connectivity index (χ1v) is 10.6. The molecule has 0 amide bonds. The van der Waals surface area contributed by atoms with Gasteiger partial charge in [-0.15, -0.1) is 0 Å². The lowest BCUT2D eigenvalue weighted by Gasteiger charge is -2.37. The molecule has 4 rings (SSSR count). The van der Waals surface area contributed by atoms with Gasteiger partial charge < -0.3 is 4.79 Å². The van der Waals surface area contributed by atoms with Gasteiger partial charge in [0, 0.05) is 5.92 Å². The minimum atomic E-state index is -0.809. The van der Waals surface area contributed by atoms with Crippen LogP contribution in [0.4, 0.5) is 8.78 Å². The second kappa shape index (κ2) is 8.55. The van der Waals surface area contributed by atoms with E-state index in [1.165, 1.54) is 56.2 Å². The van der Waals surface area contributed by atoms with Gasteiger partial charge in [-0.1, -0.05) is 30.3 Å². The molecule has 0 saturated heterocycles. The SMILES string of the molecule is O=CC1CCC(C2CCC(c3ccc(-c4ccc(F)c(F)c4)cc3)CC2)CC1. The molecule has 0 atom stereocenters. The molecule has 0 aliphatic heterocycles. The van der Waals surface area contributed by atoms with Gasteiger partial charge >= 0.3 is 0 Å². The molecule has 2 aliphatic carbocycles. The van der Waals surface area contributed by atoms with E-state index in [1.807, 2.05) is 12.1 Å². The van der Waals surface area contributed by atoms with Crippen molar-refractivity contribution in [2.75, 3.05) is 0 Å². The first kappa shape index (κ1) is 19.3. The molecule has 0 aromatic heterocycles. The molecule has 2 aromatic carbocycles. The van der Waals surface area contributed by atoms with E-state index in [1.54, 1.807) is 6.07 Å². The molecule has 0 radical (unpaired) electrons. The van der Waals surface area contributed by atoms with E-state index >= 15 is 0 Å². The fraction of sp³-hybridized carbons (Fsp3) is 0.480. The van der Waals surface area contributed by atoms with Crippen LogP contribution in [-0.4, -0.2) is 6.29 Å². The maximum atomic E-state index is 13.5. The van der Waals surface area contributed by atoms with E-state index in [9.17, 15) is 13.6 Å². The maximum Gasteiger partial charge on any atom is 0.159 e. The van der Waals surface area contributed by atoms with Crippen LogP contribution in [0.15, 0.2) is 42.5 Å². The van der Waals surface area contributed by atoms with Crippen molar-refractivity contribution in [3.8, 4) is 11.1 Å². The molecular weight excluding hydrogens is 354 g/mol. The molecule has 28 heavy (non-hydrogen) atoms. The average Bonchev–Trinajstić information content (AvgIpc) is 2.76. The average molecular weight is 382 g/mol. The van der Waals surface area contributed by atoms with Gasteiger partial charge in [-0.3, -0.25) is 0 Å². The Hall–Kier alpha value is -2.03. The maximum absolute atomic E-state index is 13.5. The summed E-state index contributed by atoms with van der Waals surface area (Å²) in [5, 5.41) is 0. The molecule has 0 bridgehead atoms. The van der Waals surface area contributed by atoms with Crippen LogP contribution in [0.1, 0.15) is 62.8 Å². The van der Waals surface area contributed by atoms with Gasteiger partial charge in [0.2, 0.25) is 0 Å². The summed E-state index contributed by atoms with van der Waals surface area (Å²) in [5.41, 5.74) is 2.98. The summed E-state index contributed by atoms with van der Waals surface area (Å²) in [7, 11) is 0.